The number of β-amino-alcohol motifs (C(OH)–C–C–N with tert-alkyl or cyclic N) is 1. The van der Waals surface area contributed by atoms with Crippen molar-refractivity contribution in [3.63, 3.8) is 0 Å². The Labute approximate surface area is 238 Å². The molecule has 15 heteroatoms. The maximum Gasteiger partial charge on any atom is 0.310 e. The van der Waals surface area contributed by atoms with Crippen molar-refractivity contribution in [2.75, 3.05) is 11.4 Å². The fourth-order valence-corrected chi connectivity index (χ4v) is 6.15. The molecule has 2 aliphatic rings. The minimum atomic E-state index is -10.1. The molecule has 0 spiro atoms. The second-order valence-corrected chi connectivity index (χ2v) is 13.9. The van der Waals surface area contributed by atoms with Crippen LogP contribution in [0.5, 0.6) is 0 Å². The summed E-state index contributed by atoms with van der Waals surface area (Å²) in [6, 6.07) is -0.103. The lowest BCUT2D eigenvalue weighted by Gasteiger charge is -2.41. The molecule has 1 aliphatic heterocycles. The van der Waals surface area contributed by atoms with Crippen molar-refractivity contribution >= 4 is 27.7 Å². The molecular weight excluding hydrogens is 593 g/mol. The number of amides is 2. The third-order valence-corrected chi connectivity index (χ3v) is 8.88. The quantitative estimate of drug-likeness (QED) is 0.317. The molecule has 1 aromatic heterocycles. The molecule has 2 heterocycles. The van der Waals surface area contributed by atoms with Gasteiger partial charge in [-0.15, -0.1) is 0 Å². The van der Waals surface area contributed by atoms with Crippen LogP contribution in [0, 0.1) is 13.8 Å². The number of hydrogen-bond acceptors (Lipinski definition) is 5. The van der Waals surface area contributed by atoms with Gasteiger partial charge in [-0.1, -0.05) is 19.4 Å². The Morgan fingerprint density at radius 1 is 1.07 bits per heavy atom. The second kappa shape index (κ2) is 10.1. The molecule has 4 rings (SSSR count). The summed E-state index contributed by atoms with van der Waals surface area (Å²) >= 11 is 0. The van der Waals surface area contributed by atoms with Gasteiger partial charge in [0, 0.05) is 55.0 Å². The first kappa shape index (κ1) is 32.0. The molecule has 7 nitrogen and oxygen atoms in total. The summed E-state index contributed by atoms with van der Waals surface area (Å²) < 4.78 is 95.0. The number of pyridine rings is 1. The fraction of sp³-hybridized carbons (Fsp3) is 0.519. The number of carbonyl (C=O) groups excluding carboxylic acids is 2. The average Bonchev–Trinajstić information content (AvgIpc) is 3.22. The summed E-state index contributed by atoms with van der Waals surface area (Å²) in [5.74, 6) is -4.50. The molecule has 1 saturated carbocycles. The van der Waals surface area contributed by atoms with E-state index in [0.717, 1.165) is 4.90 Å². The van der Waals surface area contributed by atoms with Gasteiger partial charge >= 0.3 is 10.2 Å². The lowest BCUT2D eigenvalue weighted by atomic mass is 9.91. The molecule has 0 bridgehead atoms. The molecule has 2 fully saturated rings. The van der Waals surface area contributed by atoms with E-state index in [0.29, 0.717) is 23.4 Å². The number of carbonyl (C=O) groups is 2. The number of hydrogen-bond donors (Lipinski definition) is 3. The van der Waals surface area contributed by atoms with Gasteiger partial charge in [-0.05, 0) is 69.5 Å². The lowest BCUT2D eigenvalue weighted by Crippen LogP contribution is -2.52. The second-order valence-electron chi connectivity index (χ2n) is 11.5. The van der Waals surface area contributed by atoms with Crippen LogP contribution < -0.4 is 15.5 Å². The van der Waals surface area contributed by atoms with Gasteiger partial charge in [0.05, 0.1) is 11.6 Å². The maximum atomic E-state index is 14.1. The number of halogens is 7. The molecular formula is C27H33F7N4O3S. The normalized spacial score (nSPS) is 25.3. The Balaban J connectivity index is 1.84. The van der Waals surface area contributed by atoms with Crippen LogP contribution in [0.15, 0.2) is 41.4 Å². The first-order valence-electron chi connectivity index (χ1n) is 13.3. The fourth-order valence-electron chi connectivity index (χ4n) is 5.50. The third-order valence-electron chi connectivity index (χ3n) is 7.72. The van der Waals surface area contributed by atoms with Gasteiger partial charge in [-0.25, -0.2) is 8.78 Å². The van der Waals surface area contributed by atoms with Gasteiger partial charge in [0.1, 0.15) is 10.9 Å². The molecule has 3 N–H and O–H groups in total. The van der Waals surface area contributed by atoms with E-state index in [-0.39, 0.29) is 49.2 Å². The van der Waals surface area contributed by atoms with E-state index in [1.165, 1.54) is 13.1 Å². The van der Waals surface area contributed by atoms with Crippen LogP contribution in [0.3, 0.4) is 0 Å². The van der Waals surface area contributed by atoms with Gasteiger partial charge in [-0.3, -0.25) is 19.5 Å². The Bertz CT molecular complexity index is 1340. The van der Waals surface area contributed by atoms with E-state index in [2.05, 4.69) is 15.6 Å². The number of nitrogens with one attached hydrogen (secondary N) is 2. The van der Waals surface area contributed by atoms with E-state index in [4.69, 9.17) is 0 Å². The van der Waals surface area contributed by atoms with Crippen LogP contribution in [0.25, 0.3) is 0 Å². The minimum absolute atomic E-state index is 0.00149. The molecule has 2 aromatic rings. The van der Waals surface area contributed by atoms with E-state index in [1.54, 1.807) is 19.9 Å². The molecule has 1 unspecified atom stereocenters. The predicted molar refractivity (Wildman–Crippen MR) is 144 cm³/mol. The topological polar surface area (TPSA) is 94.6 Å². The van der Waals surface area contributed by atoms with Gasteiger partial charge in [0.15, 0.2) is 0 Å². The SMILES string of the molecule is Cc1ccnc(C)c1C(C(=O)NC1CCC(F)(F)CC1)N(C(=O)[C@H]1C[C@@](C)(O)CN1)c1ccc(S(F)(F)(F)(F)F)cc1. The maximum absolute atomic E-state index is 14.1. The van der Waals surface area contributed by atoms with Crippen molar-refractivity contribution in [2.24, 2.45) is 0 Å². The number of alkyl halides is 2. The summed E-state index contributed by atoms with van der Waals surface area (Å²) in [6.45, 7) is 4.66. The van der Waals surface area contributed by atoms with Gasteiger partial charge in [0.2, 0.25) is 17.7 Å². The van der Waals surface area contributed by atoms with Crippen LogP contribution in [-0.2, 0) is 9.59 Å². The van der Waals surface area contributed by atoms with Crippen LogP contribution in [-0.4, -0.2) is 52.1 Å². The highest BCUT2D eigenvalue weighted by molar-refractivity contribution is 8.45. The molecule has 1 aliphatic carbocycles. The van der Waals surface area contributed by atoms with Crippen molar-refractivity contribution in [1.82, 2.24) is 15.6 Å². The highest BCUT2D eigenvalue weighted by Crippen LogP contribution is 3.02. The van der Waals surface area contributed by atoms with Crippen molar-refractivity contribution in [3.05, 3.63) is 53.3 Å². The van der Waals surface area contributed by atoms with Crippen LogP contribution in [0.1, 0.15) is 61.9 Å². The number of aliphatic hydroxyl groups is 1. The Hall–Kier alpha value is -2.91. The standard InChI is InChI=1S/C27H33F7N4O3S/c1-16-10-13-35-17(2)22(16)23(24(39)37-18-8-11-27(28,29)12-9-18)38(25(40)21-14-26(3,41)15-36-21)19-4-6-20(7-5-19)42(30,31,32,33)34/h4-7,10,13,18,21,23,36,41H,8-9,11-12,14-15H2,1-3H3,(H,37,39)/t21-,23?,26-/m1/s1. The van der Waals surface area contributed by atoms with Crippen molar-refractivity contribution in [1.29, 1.82) is 0 Å². The average molecular weight is 627 g/mol. The van der Waals surface area contributed by atoms with Crippen LogP contribution in [0.4, 0.5) is 33.9 Å². The molecule has 1 saturated heterocycles. The summed E-state index contributed by atoms with van der Waals surface area (Å²) in [6.07, 6.45) is 0.326. The molecule has 2 amide bonds. The zero-order chi connectivity index (χ0) is 31.4. The van der Waals surface area contributed by atoms with E-state index in [1.807, 2.05) is 0 Å². The van der Waals surface area contributed by atoms with Gasteiger partial charge in [0.25, 0.3) is 0 Å². The molecule has 42 heavy (non-hydrogen) atoms. The summed E-state index contributed by atoms with van der Waals surface area (Å²) in [7, 11) is -10.1. The first-order chi connectivity index (χ1) is 19.1. The van der Waals surface area contributed by atoms with Crippen LogP contribution >= 0.6 is 10.2 Å². The number of rotatable bonds is 7. The van der Waals surface area contributed by atoms with E-state index in [9.17, 15) is 42.9 Å². The van der Waals surface area contributed by atoms with Gasteiger partial charge in [-0.2, -0.15) is 0 Å². The monoisotopic (exact) mass is 626 g/mol. The lowest BCUT2D eigenvalue weighted by molar-refractivity contribution is -0.128. The van der Waals surface area contributed by atoms with Crippen molar-refractivity contribution in [3.8, 4) is 0 Å². The Kier molecular flexibility index (Phi) is 7.69. The van der Waals surface area contributed by atoms with E-state index < -0.39 is 69.4 Å². The number of aromatic nitrogens is 1. The summed E-state index contributed by atoms with van der Waals surface area (Å²) in [5.41, 5.74) is -0.588. The number of nitrogens with zero attached hydrogens (tertiary/aromatic N) is 2. The summed E-state index contributed by atoms with van der Waals surface area (Å²) in [4.78, 5) is 31.0. The van der Waals surface area contributed by atoms with Crippen LogP contribution in [0.2, 0.25) is 0 Å². The summed E-state index contributed by atoms with van der Waals surface area (Å²) in [5, 5.41) is 16.0. The minimum Gasteiger partial charge on any atom is -0.389 e. The number of aryl methyl sites for hydroxylation is 2. The third kappa shape index (κ3) is 7.17. The van der Waals surface area contributed by atoms with E-state index >= 15 is 0 Å². The molecule has 0 radical (unpaired) electrons. The largest absolute Gasteiger partial charge is 0.389 e. The zero-order valence-electron chi connectivity index (χ0n) is 23.2. The van der Waals surface area contributed by atoms with Gasteiger partial charge < -0.3 is 15.7 Å². The zero-order valence-corrected chi connectivity index (χ0v) is 24.0. The molecule has 1 aromatic carbocycles. The highest BCUT2D eigenvalue weighted by Gasteiger charge is 2.65. The Morgan fingerprint density at radius 3 is 2.17 bits per heavy atom. The van der Waals surface area contributed by atoms with Crippen molar-refractivity contribution < 1.29 is 42.9 Å². The molecule has 3 atom stereocenters. The first-order valence-corrected chi connectivity index (χ1v) is 15.3. The highest BCUT2D eigenvalue weighted by atomic mass is 32.5. The number of benzene rings is 1. The predicted octanol–water partition coefficient (Wildman–Crippen LogP) is 6.24. The molecule has 234 valence electrons. The number of anilines is 1. The van der Waals surface area contributed by atoms with Crippen molar-refractivity contribution in [2.45, 2.75) is 87.4 Å². The Morgan fingerprint density at radius 2 is 1.67 bits per heavy atom. The smallest absolute Gasteiger partial charge is 0.310 e.